The molecule has 1 fully saturated rings. The molecule has 160 valence electrons. The molecule has 0 saturated carbocycles. The van der Waals surface area contributed by atoms with Crippen LogP contribution in [0.1, 0.15) is 21.5 Å². The quantitative estimate of drug-likeness (QED) is 0.615. The van der Waals surface area contributed by atoms with Crippen LogP contribution in [-0.4, -0.2) is 56.1 Å². The molecule has 0 N–H and O–H groups in total. The molecular formula is C23H26ClFN2O3. The van der Waals surface area contributed by atoms with Crippen molar-refractivity contribution < 1.29 is 18.7 Å². The van der Waals surface area contributed by atoms with Gasteiger partial charge in [-0.3, -0.25) is 9.69 Å². The molecule has 0 spiro atoms. The normalized spacial score (nSPS) is 14.5. The van der Waals surface area contributed by atoms with Crippen LogP contribution in [0, 0.1) is 5.82 Å². The van der Waals surface area contributed by atoms with Gasteiger partial charge in [-0.15, -0.1) is 6.58 Å². The van der Waals surface area contributed by atoms with Crippen molar-refractivity contribution in [3.63, 3.8) is 0 Å². The van der Waals surface area contributed by atoms with Crippen LogP contribution in [0.4, 0.5) is 4.39 Å². The fraction of sp³-hybridized carbons (Fsp3) is 0.348. The lowest BCUT2D eigenvalue weighted by atomic mass is 10.0. The molecule has 0 aromatic heterocycles. The van der Waals surface area contributed by atoms with Crippen molar-refractivity contribution in [2.24, 2.45) is 0 Å². The number of methoxy groups -OCH3 is 2. The first-order valence-corrected chi connectivity index (χ1v) is 10.2. The first-order chi connectivity index (χ1) is 14.5. The fourth-order valence-corrected chi connectivity index (χ4v) is 3.90. The monoisotopic (exact) mass is 432 g/mol. The van der Waals surface area contributed by atoms with E-state index in [1.54, 1.807) is 43.4 Å². The summed E-state index contributed by atoms with van der Waals surface area (Å²) in [7, 11) is 3.13. The highest BCUT2D eigenvalue weighted by molar-refractivity contribution is 6.31. The molecule has 1 aliphatic rings. The van der Waals surface area contributed by atoms with Crippen LogP contribution in [0.15, 0.2) is 43.0 Å². The van der Waals surface area contributed by atoms with Crippen LogP contribution in [0.3, 0.4) is 0 Å². The number of carbonyl (C=O) groups is 1. The number of ether oxygens (including phenoxy) is 2. The first-order valence-electron chi connectivity index (χ1n) is 9.78. The highest BCUT2D eigenvalue weighted by Gasteiger charge is 2.25. The number of piperazine rings is 1. The van der Waals surface area contributed by atoms with Gasteiger partial charge in [0.05, 0.1) is 14.2 Å². The zero-order valence-corrected chi connectivity index (χ0v) is 18.0. The van der Waals surface area contributed by atoms with E-state index in [1.807, 2.05) is 6.07 Å². The minimum Gasteiger partial charge on any atom is -0.493 e. The second-order valence-electron chi connectivity index (χ2n) is 7.13. The van der Waals surface area contributed by atoms with E-state index in [9.17, 15) is 9.18 Å². The molecule has 30 heavy (non-hydrogen) atoms. The number of carbonyl (C=O) groups excluding carboxylic acids is 1. The SMILES string of the molecule is C=CCc1cc(C(=O)N2CCN(Cc3c(F)cccc3Cl)CC2)cc(OC)c1OC. The number of amides is 1. The van der Waals surface area contributed by atoms with Crippen molar-refractivity contribution in [3.8, 4) is 11.5 Å². The Bertz CT molecular complexity index is 907. The summed E-state index contributed by atoms with van der Waals surface area (Å²) in [6.07, 6.45) is 2.33. The molecule has 0 atom stereocenters. The molecule has 0 unspecified atom stereocenters. The standard InChI is InChI=1S/C23H26ClFN2O3/c1-4-6-16-13-17(14-21(29-2)22(16)30-3)23(28)27-11-9-26(10-12-27)15-18-19(24)7-5-8-20(18)25/h4-5,7-8,13-14H,1,6,9-12,15H2,2-3H3. The van der Waals surface area contributed by atoms with Gasteiger partial charge >= 0.3 is 0 Å². The molecule has 0 bridgehead atoms. The van der Waals surface area contributed by atoms with Gasteiger partial charge in [0.15, 0.2) is 11.5 Å². The molecular weight excluding hydrogens is 407 g/mol. The third kappa shape index (κ3) is 4.77. The van der Waals surface area contributed by atoms with Crippen molar-refractivity contribution in [3.05, 3.63) is 70.5 Å². The Balaban J connectivity index is 1.70. The number of halogens is 2. The maximum absolute atomic E-state index is 14.1. The van der Waals surface area contributed by atoms with Gasteiger partial charge in [0.1, 0.15) is 5.82 Å². The zero-order chi connectivity index (χ0) is 21.7. The summed E-state index contributed by atoms with van der Waals surface area (Å²) in [5.41, 5.74) is 1.89. The Hall–Kier alpha value is -2.57. The van der Waals surface area contributed by atoms with Gasteiger partial charge in [-0.05, 0) is 30.7 Å². The Morgan fingerprint density at radius 2 is 1.93 bits per heavy atom. The topological polar surface area (TPSA) is 42.0 Å². The lowest BCUT2D eigenvalue weighted by Gasteiger charge is -2.35. The van der Waals surface area contributed by atoms with Gasteiger partial charge in [0.25, 0.3) is 5.91 Å². The highest BCUT2D eigenvalue weighted by Crippen LogP contribution is 2.33. The van der Waals surface area contributed by atoms with Gasteiger partial charge in [-0.25, -0.2) is 4.39 Å². The lowest BCUT2D eigenvalue weighted by Crippen LogP contribution is -2.48. The molecule has 5 nitrogen and oxygen atoms in total. The number of rotatable bonds is 7. The van der Waals surface area contributed by atoms with E-state index in [0.29, 0.717) is 66.8 Å². The van der Waals surface area contributed by atoms with Crippen LogP contribution < -0.4 is 9.47 Å². The van der Waals surface area contributed by atoms with Gasteiger partial charge in [0.2, 0.25) is 0 Å². The molecule has 3 rings (SSSR count). The van der Waals surface area contributed by atoms with Crippen molar-refractivity contribution in [2.45, 2.75) is 13.0 Å². The van der Waals surface area contributed by atoms with E-state index in [1.165, 1.54) is 6.07 Å². The summed E-state index contributed by atoms with van der Waals surface area (Å²) in [6, 6.07) is 8.24. The van der Waals surface area contributed by atoms with Crippen molar-refractivity contribution in [2.75, 3.05) is 40.4 Å². The van der Waals surface area contributed by atoms with Crippen LogP contribution in [0.25, 0.3) is 0 Å². The summed E-state index contributed by atoms with van der Waals surface area (Å²) >= 11 is 6.14. The van der Waals surface area contributed by atoms with Gasteiger partial charge in [-0.2, -0.15) is 0 Å². The van der Waals surface area contributed by atoms with Crippen LogP contribution >= 0.6 is 11.6 Å². The van der Waals surface area contributed by atoms with E-state index < -0.39 is 0 Å². The average Bonchev–Trinajstić information content (AvgIpc) is 2.76. The smallest absolute Gasteiger partial charge is 0.254 e. The molecule has 2 aromatic carbocycles. The average molecular weight is 433 g/mol. The second-order valence-corrected chi connectivity index (χ2v) is 7.54. The predicted octanol–water partition coefficient (Wildman–Crippen LogP) is 4.18. The van der Waals surface area contributed by atoms with Gasteiger partial charge in [0, 0.05) is 54.4 Å². The molecule has 1 aliphatic heterocycles. The lowest BCUT2D eigenvalue weighted by molar-refractivity contribution is 0.0626. The number of allylic oxidation sites excluding steroid dienone is 1. The third-order valence-electron chi connectivity index (χ3n) is 5.27. The Morgan fingerprint density at radius 3 is 2.53 bits per heavy atom. The first kappa shape index (κ1) is 22.1. The summed E-state index contributed by atoms with van der Waals surface area (Å²) < 4.78 is 24.9. The van der Waals surface area contributed by atoms with Crippen molar-refractivity contribution in [1.82, 2.24) is 9.80 Å². The van der Waals surface area contributed by atoms with Crippen molar-refractivity contribution >= 4 is 17.5 Å². The zero-order valence-electron chi connectivity index (χ0n) is 17.3. The number of benzene rings is 2. The third-order valence-corrected chi connectivity index (χ3v) is 5.62. The minimum atomic E-state index is -0.305. The molecule has 1 amide bonds. The molecule has 1 saturated heterocycles. The highest BCUT2D eigenvalue weighted by atomic mass is 35.5. The maximum Gasteiger partial charge on any atom is 0.254 e. The van der Waals surface area contributed by atoms with E-state index >= 15 is 0 Å². The van der Waals surface area contributed by atoms with E-state index in [0.717, 1.165) is 5.56 Å². The predicted molar refractivity (Wildman–Crippen MR) is 116 cm³/mol. The van der Waals surface area contributed by atoms with Gasteiger partial charge < -0.3 is 14.4 Å². The Kier molecular flexibility index (Phi) is 7.34. The summed E-state index contributed by atoms with van der Waals surface area (Å²) in [5, 5.41) is 0.425. The van der Waals surface area contributed by atoms with Gasteiger partial charge in [-0.1, -0.05) is 23.7 Å². The van der Waals surface area contributed by atoms with E-state index in [2.05, 4.69) is 11.5 Å². The number of hydrogen-bond acceptors (Lipinski definition) is 4. The summed E-state index contributed by atoms with van der Waals surface area (Å²) in [6.45, 7) is 6.58. The minimum absolute atomic E-state index is 0.0650. The molecule has 0 radical (unpaired) electrons. The fourth-order valence-electron chi connectivity index (χ4n) is 3.67. The van der Waals surface area contributed by atoms with E-state index in [-0.39, 0.29) is 11.7 Å². The summed E-state index contributed by atoms with van der Waals surface area (Å²) in [4.78, 5) is 17.0. The second kappa shape index (κ2) is 9.96. The Morgan fingerprint density at radius 1 is 1.20 bits per heavy atom. The van der Waals surface area contributed by atoms with Crippen molar-refractivity contribution in [1.29, 1.82) is 0 Å². The molecule has 2 aromatic rings. The maximum atomic E-state index is 14.1. The molecule has 1 heterocycles. The molecule has 0 aliphatic carbocycles. The van der Waals surface area contributed by atoms with Crippen LogP contribution in [0.5, 0.6) is 11.5 Å². The number of nitrogens with zero attached hydrogens (tertiary/aromatic N) is 2. The molecule has 7 heteroatoms. The number of hydrogen-bond donors (Lipinski definition) is 0. The largest absolute Gasteiger partial charge is 0.493 e. The van der Waals surface area contributed by atoms with Crippen LogP contribution in [-0.2, 0) is 13.0 Å². The summed E-state index contributed by atoms with van der Waals surface area (Å²) in [5.74, 6) is 0.763. The van der Waals surface area contributed by atoms with E-state index in [4.69, 9.17) is 21.1 Å². The Labute approximate surface area is 181 Å². The van der Waals surface area contributed by atoms with Crippen LogP contribution in [0.2, 0.25) is 5.02 Å².